The smallest absolute Gasteiger partial charge is 0.326 e. The number of aromatic amines is 1. The van der Waals surface area contributed by atoms with Gasteiger partial charge in [-0.3, -0.25) is 62.7 Å². The standard InChI is InChI=1S/C43H54N12O17S/c44-42(45)47-9-1-2-26(29(57)11-21(14-32(61)62)38(67)53-28(15-33(63)64)30(58)12-22(18-73)40(69)70)51-37(66)20(13-31(59)60)10-25(56)7-8-27(41(71)72)52-36(65)19-3-5-23(6-4-19)48-16-24-17-49-35-34(50-24)39(68)55-43(46)54-35/h3-6,17,20-22,26-28,48,73H,1-2,7-16,18H2,(H,51,66)(H,52,65)(H,53,67)(H,59,60)(H,61,62)(H,63,64)(H,69,70)(H,71,72)(H4,44,45,47)(H3,46,49,54,55,68)/t20-,21+,22+,26+,27-,28+/m1/s1. The van der Waals surface area contributed by atoms with E-state index in [1.807, 2.05) is 0 Å². The van der Waals surface area contributed by atoms with Crippen molar-refractivity contribution < 1.29 is 78.3 Å². The Kier molecular flexibility index (Phi) is 22.8. The van der Waals surface area contributed by atoms with Crippen LogP contribution in [0.1, 0.15) is 80.3 Å². The number of anilines is 2. The fourth-order valence-electron chi connectivity index (χ4n) is 6.92. The van der Waals surface area contributed by atoms with E-state index in [-0.39, 0.29) is 60.3 Å². The molecule has 0 saturated heterocycles. The number of carboxylic acid groups (broad SMARTS) is 5. The molecular weight excluding hydrogens is 989 g/mol. The Morgan fingerprint density at radius 1 is 0.685 bits per heavy atom. The van der Waals surface area contributed by atoms with E-state index in [4.69, 9.17) is 17.2 Å². The highest BCUT2D eigenvalue weighted by Crippen LogP contribution is 2.20. The topological polar surface area (TPSA) is 499 Å². The van der Waals surface area contributed by atoms with Gasteiger partial charge in [-0.1, -0.05) is 0 Å². The third-order valence-electron chi connectivity index (χ3n) is 10.7. The number of hydrogen-bond donors (Lipinski definition) is 14. The first-order valence-corrected chi connectivity index (χ1v) is 22.6. The van der Waals surface area contributed by atoms with Crippen LogP contribution in [-0.4, -0.2) is 147 Å². The van der Waals surface area contributed by atoms with Crippen molar-refractivity contribution in [2.45, 2.75) is 88.9 Å². The van der Waals surface area contributed by atoms with E-state index < -0.39 is 158 Å². The molecule has 3 amide bonds. The van der Waals surface area contributed by atoms with Crippen molar-refractivity contribution in [3.05, 3.63) is 52.1 Å². The van der Waals surface area contributed by atoms with Gasteiger partial charge in [0.15, 0.2) is 28.7 Å². The van der Waals surface area contributed by atoms with Crippen LogP contribution in [0.4, 0.5) is 11.6 Å². The van der Waals surface area contributed by atoms with Crippen molar-refractivity contribution in [1.29, 1.82) is 0 Å². The average Bonchev–Trinajstić information content (AvgIpc) is 3.30. The number of nitrogens with zero attached hydrogens (tertiary/aromatic N) is 4. The number of Topliss-reactive ketones (excluding diaryl/α,β-unsaturated/α-hetero) is 3. The third kappa shape index (κ3) is 20.0. The van der Waals surface area contributed by atoms with Crippen molar-refractivity contribution in [3.8, 4) is 0 Å². The number of carbonyl (C=O) groups excluding carboxylic acids is 6. The van der Waals surface area contributed by atoms with Crippen molar-refractivity contribution in [3.63, 3.8) is 0 Å². The van der Waals surface area contributed by atoms with Gasteiger partial charge in [0.25, 0.3) is 11.5 Å². The summed E-state index contributed by atoms with van der Waals surface area (Å²) in [6.07, 6.45) is -5.64. The van der Waals surface area contributed by atoms with Gasteiger partial charge in [0, 0.05) is 49.2 Å². The molecule has 6 atom stereocenters. The van der Waals surface area contributed by atoms with E-state index in [1.165, 1.54) is 30.5 Å². The third-order valence-corrected chi connectivity index (χ3v) is 11.1. The lowest BCUT2D eigenvalue weighted by molar-refractivity contribution is -0.145. The highest BCUT2D eigenvalue weighted by atomic mass is 32.1. The van der Waals surface area contributed by atoms with Gasteiger partial charge in [-0.2, -0.15) is 17.6 Å². The van der Waals surface area contributed by atoms with Gasteiger partial charge in [-0.15, -0.1) is 0 Å². The van der Waals surface area contributed by atoms with Crippen LogP contribution in [0.15, 0.2) is 40.2 Å². The number of aliphatic imine (C=N–C) groups is 1. The van der Waals surface area contributed by atoms with Crippen LogP contribution < -0.4 is 44.0 Å². The number of benzene rings is 1. The van der Waals surface area contributed by atoms with Gasteiger partial charge in [0.2, 0.25) is 17.8 Å². The Hall–Kier alpha value is -8.57. The van der Waals surface area contributed by atoms with Gasteiger partial charge >= 0.3 is 29.8 Å². The molecule has 16 N–H and O–H groups in total. The summed E-state index contributed by atoms with van der Waals surface area (Å²) in [5.41, 5.74) is 16.6. The monoisotopic (exact) mass is 1040 g/mol. The predicted molar refractivity (Wildman–Crippen MR) is 256 cm³/mol. The second kappa shape index (κ2) is 28.3. The zero-order valence-corrected chi connectivity index (χ0v) is 39.5. The number of carbonyl (C=O) groups is 11. The molecule has 0 fully saturated rings. The molecule has 2 aromatic heterocycles. The zero-order chi connectivity index (χ0) is 54.5. The van der Waals surface area contributed by atoms with Crippen molar-refractivity contribution in [2.75, 3.05) is 23.3 Å². The highest BCUT2D eigenvalue weighted by Gasteiger charge is 2.35. The molecule has 3 aromatic rings. The molecular formula is C43H54N12O17S. The molecule has 0 spiro atoms. The fraction of sp³-hybridized carbons (Fsp3) is 0.442. The number of guanidine groups is 1. The van der Waals surface area contributed by atoms with E-state index in [0.717, 1.165) is 0 Å². The number of aromatic nitrogens is 4. The highest BCUT2D eigenvalue weighted by molar-refractivity contribution is 7.80. The van der Waals surface area contributed by atoms with E-state index in [9.17, 15) is 83.1 Å². The number of ketones is 3. The number of nitrogen functional groups attached to an aromatic ring is 1. The summed E-state index contributed by atoms with van der Waals surface area (Å²) in [6.45, 7) is -0.0205. The predicted octanol–water partition coefficient (Wildman–Crippen LogP) is -1.94. The number of carboxylic acids is 5. The number of hydrogen-bond acceptors (Lipinski definition) is 19. The van der Waals surface area contributed by atoms with Crippen LogP contribution in [0.25, 0.3) is 11.2 Å². The number of aliphatic carboxylic acids is 5. The molecule has 1 aromatic carbocycles. The number of nitrogens with two attached hydrogens (primary N) is 3. The Labute approximate surface area is 418 Å². The summed E-state index contributed by atoms with van der Waals surface area (Å²) in [7, 11) is 0. The molecule has 2 heterocycles. The van der Waals surface area contributed by atoms with Crippen LogP contribution >= 0.6 is 12.6 Å². The minimum absolute atomic E-state index is 0.0207. The van der Waals surface area contributed by atoms with E-state index in [2.05, 4.69) is 58.8 Å². The van der Waals surface area contributed by atoms with Crippen molar-refractivity contribution in [1.82, 2.24) is 35.9 Å². The number of rotatable bonds is 33. The first-order chi connectivity index (χ1) is 34.4. The Bertz CT molecular complexity index is 2660. The quantitative estimate of drug-likeness (QED) is 0.0137. The number of fused-ring (bicyclic) bond motifs is 1. The first-order valence-electron chi connectivity index (χ1n) is 22.0. The number of H-pyrrole nitrogens is 1. The number of thiol groups is 1. The maximum absolute atomic E-state index is 13.8. The van der Waals surface area contributed by atoms with Crippen LogP contribution in [-0.2, 0) is 54.5 Å². The molecule has 0 unspecified atom stereocenters. The SMILES string of the molecule is NC(N)=NCCC[C@H](NC(=O)[C@@H](CC(=O)O)CC(=O)CC[C@@H](NC(=O)c1ccc(NCc2cnc3nc(N)[nH]c(=O)c3n2)cc1)C(=O)O)C(=O)C[C@@H](CC(=O)O)C(=O)N[C@@H](CC(=O)O)C(=O)C[C@@H](CS)C(=O)O. The lowest BCUT2D eigenvalue weighted by Gasteiger charge is -2.24. The van der Waals surface area contributed by atoms with Gasteiger partial charge in [0.05, 0.1) is 67.5 Å². The molecule has 0 aliphatic heterocycles. The summed E-state index contributed by atoms with van der Waals surface area (Å²) in [5, 5.41) is 57.6. The van der Waals surface area contributed by atoms with Gasteiger partial charge < -0.3 is 64.0 Å². The zero-order valence-electron chi connectivity index (χ0n) is 38.6. The van der Waals surface area contributed by atoms with Crippen LogP contribution in [0, 0.1) is 17.8 Å². The summed E-state index contributed by atoms with van der Waals surface area (Å²) < 4.78 is 0. The van der Waals surface area contributed by atoms with Crippen molar-refractivity contribution in [2.24, 2.45) is 34.2 Å². The Morgan fingerprint density at radius 2 is 1.26 bits per heavy atom. The lowest BCUT2D eigenvalue weighted by atomic mass is 9.90. The van der Waals surface area contributed by atoms with Gasteiger partial charge in [-0.25, -0.2) is 14.8 Å². The molecule has 0 bridgehead atoms. The largest absolute Gasteiger partial charge is 0.481 e. The minimum Gasteiger partial charge on any atom is -0.481 e. The van der Waals surface area contributed by atoms with E-state index in [0.29, 0.717) is 11.4 Å². The number of nitrogens with one attached hydrogen (secondary N) is 5. The van der Waals surface area contributed by atoms with Gasteiger partial charge in [-0.05, 0) is 43.5 Å². The normalized spacial score (nSPS) is 13.4. The molecule has 0 saturated carbocycles. The van der Waals surface area contributed by atoms with Crippen LogP contribution in [0.2, 0.25) is 0 Å². The minimum atomic E-state index is -1.85. The summed E-state index contributed by atoms with van der Waals surface area (Å²) in [6, 6.07) is 0.620. The Balaban J connectivity index is 1.71. The number of amides is 3. The molecule has 73 heavy (non-hydrogen) atoms. The molecule has 394 valence electrons. The lowest BCUT2D eigenvalue weighted by Crippen LogP contribution is -2.48. The summed E-state index contributed by atoms with van der Waals surface area (Å²) >= 11 is 3.86. The second-order valence-corrected chi connectivity index (χ2v) is 16.7. The molecule has 29 nitrogen and oxygen atoms in total. The fourth-order valence-corrected chi connectivity index (χ4v) is 7.21. The van der Waals surface area contributed by atoms with Crippen LogP contribution in [0.3, 0.4) is 0 Å². The molecule has 0 aliphatic rings. The molecule has 30 heteroatoms. The second-order valence-electron chi connectivity index (χ2n) is 16.4. The van der Waals surface area contributed by atoms with E-state index >= 15 is 0 Å². The molecule has 3 rings (SSSR count). The first kappa shape index (κ1) is 58.7. The maximum atomic E-state index is 13.8. The maximum Gasteiger partial charge on any atom is 0.326 e. The molecule has 0 aliphatic carbocycles. The summed E-state index contributed by atoms with van der Waals surface area (Å²) in [5.74, 6) is -19.6. The molecule has 0 radical (unpaired) electrons. The van der Waals surface area contributed by atoms with E-state index in [1.54, 1.807) is 0 Å². The summed E-state index contributed by atoms with van der Waals surface area (Å²) in [4.78, 5) is 170. The van der Waals surface area contributed by atoms with Crippen LogP contribution in [0.5, 0.6) is 0 Å². The van der Waals surface area contributed by atoms with Crippen molar-refractivity contribution >= 4 is 106 Å². The Morgan fingerprint density at radius 3 is 1.82 bits per heavy atom. The average molecular weight is 1040 g/mol. The van der Waals surface area contributed by atoms with Gasteiger partial charge in [0.1, 0.15) is 11.8 Å².